The number of nitrogens with two attached hydrogens (primary N) is 1. The molecule has 2 atom stereocenters. The van der Waals surface area contributed by atoms with Gasteiger partial charge in [0.15, 0.2) is 0 Å². The molecule has 0 saturated carbocycles. The highest BCUT2D eigenvalue weighted by Crippen LogP contribution is 2.31. The Bertz CT molecular complexity index is 1250. The number of amides is 2. The van der Waals surface area contributed by atoms with Crippen LogP contribution in [0.4, 0.5) is 5.69 Å². The third-order valence-corrected chi connectivity index (χ3v) is 7.11. The second-order valence-corrected chi connectivity index (χ2v) is 10.1. The lowest BCUT2D eigenvalue weighted by Gasteiger charge is -2.26. The number of amidine groups is 1. The summed E-state index contributed by atoms with van der Waals surface area (Å²) in [6, 6.07) is 9.96. The SMILES string of the molecule is CCCC[C@@H](CC(=O)N1CC(NOCC)=NC[C@H](Cc2cc(Cl)ccc2OC)C1=O)c1ccc(C(=O)O)c(N)c1. The van der Waals surface area contributed by atoms with Crippen molar-refractivity contribution in [3.63, 3.8) is 0 Å². The van der Waals surface area contributed by atoms with Gasteiger partial charge in [0.2, 0.25) is 11.8 Å². The van der Waals surface area contributed by atoms with Gasteiger partial charge in [0, 0.05) is 17.1 Å². The lowest BCUT2D eigenvalue weighted by molar-refractivity contribution is -0.146. The number of unbranched alkanes of at least 4 members (excludes halogenated alkanes) is 1. The van der Waals surface area contributed by atoms with Crippen molar-refractivity contribution in [3.8, 4) is 5.75 Å². The molecule has 2 aromatic rings. The lowest BCUT2D eigenvalue weighted by atomic mass is 9.88. The van der Waals surface area contributed by atoms with Crippen LogP contribution in [-0.2, 0) is 20.8 Å². The highest BCUT2D eigenvalue weighted by Gasteiger charge is 2.34. The van der Waals surface area contributed by atoms with E-state index in [-0.39, 0.29) is 54.9 Å². The van der Waals surface area contributed by atoms with Crippen LogP contribution < -0.4 is 16.0 Å². The highest BCUT2D eigenvalue weighted by molar-refractivity contribution is 6.30. The summed E-state index contributed by atoms with van der Waals surface area (Å²) in [7, 11) is 1.55. The summed E-state index contributed by atoms with van der Waals surface area (Å²) in [4.78, 5) is 50.1. The number of carbonyl (C=O) groups is 3. The quantitative estimate of drug-likeness (QED) is 0.250. The van der Waals surface area contributed by atoms with E-state index in [4.69, 9.17) is 26.9 Å². The molecular formula is C29H37ClN4O6. The number of nitrogens with zero attached hydrogens (tertiary/aromatic N) is 2. The van der Waals surface area contributed by atoms with Crippen molar-refractivity contribution in [1.82, 2.24) is 10.4 Å². The summed E-state index contributed by atoms with van der Waals surface area (Å²) in [6.07, 6.45) is 2.77. The fraction of sp³-hybridized carbons (Fsp3) is 0.448. The van der Waals surface area contributed by atoms with E-state index in [0.717, 1.165) is 24.0 Å². The number of aliphatic imine (C=N–C) groups is 1. The molecule has 40 heavy (non-hydrogen) atoms. The molecule has 11 heteroatoms. The van der Waals surface area contributed by atoms with E-state index in [1.807, 2.05) is 6.92 Å². The maximum absolute atomic E-state index is 13.8. The third-order valence-electron chi connectivity index (χ3n) is 6.87. The summed E-state index contributed by atoms with van der Waals surface area (Å²) in [5.41, 5.74) is 10.4. The molecule has 0 bridgehead atoms. The Morgan fingerprint density at radius 1 is 1.25 bits per heavy atom. The molecule has 0 saturated heterocycles. The predicted octanol–water partition coefficient (Wildman–Crippen LogP) is 4.46. The molecule has 4 N–H and O–H groups in total. The topological polar surface area (TPSA) is 144 Å². The largest absolute Gasteiger partial charge is 0.496 e. The molecule has 0 fully saturated rings. The number of imide groups is 1. The first-order valence-corrected chi connectivity index (χ1v) is 13.8. The van der Waals surface area contributed by atoms with E-state index < -0.39 is 11.9 Å². The number of aromatic carboxylic acids is 1. The predicted molar refractivity (Wildman–Crippen MR) is 154 cm³/mol. The van der Waals surface area contributed by atoms with Gasteiger partial charge in [0.05, 0.1) is 38.3 Å². The normalized spacial score (nSPS) is 16.2. The average molecular weight is 573 g/mol. The van der Waals surface area contributed by atoms with E-state index in [1.165, 1.54) is 11.0 Å². The van der Waals surface area contributed by atoms with Crippen LogP contribution in [0.1, 0.15) is 66.9 Å². The van der Waals surface area contributed by atoms with Crippen molar-refractivity contribution in [2.24, 2.45) is 10.9 Å². The number of carboxylic acid groups (broad SMARTS) is 1. The fourth-order valence-electron chi connectivity index (χ4n) is 4.74. The Morgan fingerprint density at radius 3 is 2.67 bits per heavy atom. The van der Waals surface area contributed by atoms with Gasteiger partial charge >= 0.3 is 5.97 Å². The fourth-order valence-corrected chi connectivity index (χ4v) is 4.93. The average Bonchev–Trinajstić information content (AvgIpc) is 3.08. The van der Waals surface area contributed by atoms with Crippen molar-refractivity contribution < 1.29 is 29.1 Å². The second-order valence-electron chi connectivity index (χ2n) is 9.69. The van der Waals surface area contributed by atoms with Gasteiger partial charge in [-0.1, -0.05) is 37.4 Å². The number of rotatable bonds is 12. The zero-order valence-corrected chi connectivity index (χ0v) is 23.9. The number of hydrogen-bond acceptors (Lipinski definition) is 8. The molecule has 2 amide bonds. The van der Waals surface area contributed by atoms with Crippen LogP contribution in [0.25, 0.3) is 0 Å². The molecule has 2 aromatic carbocycles. The van der Waals surface area contributed by atoms with Crippen molar-refractivity contribution in [2.45, 2.75) is 51.9 Å². The van der Waals surface area contributed by atoms with Crippen LogP contribution in [0, 0.1) is 5.92 Å². The standard InChI is InChI=1S/C29H37ClN4O6/c1-4-6-7-18(19-8-10-23(29(37)38)24(31)14-19)15-27(35)34-17-26(33-40-5-2)32-16-21(28(34)36)12-20-13-22(30)9-11-25(20)39-3/h8-11,13-14,18,21H,4-7,12,15-17,31H2,1-3H3,(H,32,33)(H,37,38)/t18-,21-/m0/s1. The number of halogens is 1. The lowest BCUT2D eigenvalue weighted by Crippen LogP contribution is -2.45. The van der Waals surface area contributed by atoms with Gasteiger partial charge in [-0.2, -0.15) is 0 Å². The molecular weight excluding hydrogens is 536 g/mol. The molecule has 0 spiro atoms. The monoisotopic (exact) mass is 572 g/mol. The molecule has 0 aliphatic carbocycles. The van der Waals surface area contributed by atoms with Crippen molar-refractivity contribution in [1.29, 1.82) is 0 Å². The van der Waals surface area contributed by atoms with Gasteiger partial charge in [-0.15, -0.1) is 0 Å². The number of nitrogen functional groups attached to an aromatic ring is 1. The Hall–Kier alpha value is -3.63. The van der Waals surface area contributed by atoms with Gasteiger partial charge < -0.3 is 15.6 Å². The summed E-state index contributed by atoms with van der Waals surface area (Å²) >= 11 is 6.21. The number of carboxylic acids is 1. The maximum atomic E-state index is 13.8. The van der Waals surface area contributed by atoms with Crippen molar-refractivity contribution >= 4 is 40.9 Å². The first-order valence-electron chi connectivity index (χ1n) is 13.4. The van der Waals surface area contributed by atoms with Crippen LogP contribution in [-0.4, -0.2) is 60.4 Å². The maximum Gasteiger partial charge on any atom is 0.337 e. The molecule has 10 nitrogen and oxygen atoms in total. The van der Waals surface area contributed by atoms with Crippen LogP contribution >= 0.6 is 11.6 Å². The molecule has 1 aliphatic heterocycles. The van der Waals surface area contributed by atoms with Crippen molar-refractivity contribution in [2.75, 3.05) is 32.5 Å². The van der Waals surface area contributed by atoms with Crippen LogP contribution in [0.2, 0.25) is 5.02 Å². The summed E-state index contributed by atoms with van der Waals surface area (Å²) in [5, 5.41) is 9.87. The van der Waals surface area contributed by atoms with Crippen LogP contribution in [0.5, 0.6) is 5.75 Å². The first kappa shape index (κ1) is 30.9. The number of benzene rings is 2. The van der Waals surface area contributed by atoms with E-state index in [2.05, 4.69) is 17.4 Å². The molecule has 3 rings (SSSR count). The van der Waals surface area contributed by atoms with Crippen LogP contribution in [0.3, 0.4) is 0 Å². The summed E-state index contributed by atoms with van der Waals surface area (Å²) in [6.45, 7) is 4.33. The van der Waals surface area contributed by atoms with Gasteiger partial charge in [-0.25, -0.2) is 4.79 Å². The minimum Gasteiger partial charge on any atom is -0.496 e. The first-order chi connectivity index (χ1) is 19.2. The molecule has 0 aromatic heterocycles. The van der Waals surface area contributed by atoms with E-state index >= 15 is 0 Å². The summed E-state index contributed by atoms with van der Waals surface area (Å²) in [5.74, 6) is -1.72. The van der Waals surface area contributed by atoms with E-state index in [1.54, 1.807) is 37.4 Å². The van der Waals surface area contributed by atoms with Crippen molar-refractivity contribution in [3.05, 3.63) is 58.1 Å². The minimum absolute atomic E-state index is 0.00847. The Kier molecular flexibility index (Phi) is 11.3. The zero-order valence-electron chi connectivity index (χ0n) is 23.1. The number of anilines is 1. The number of ether oxygens (including phenoxy) is 1. The van der Waals surface area contributed by atoms with Gasteiger partial charge in [0.1, 0.15) is 11.6 Å². The van der Waals surface area contributed by atoms with E-state index in [0.29, 0.717) is 29.6 Å². The smallest absolute Gasteiger partial charge is 0.337 e. The van der Waals surface area contributed by atoms with Gasteiger partial charge in [0.25, 0.3) is 0 Å². The molecule has 1 heterocycles. The van der Waals surface area contributed by atoms with Gasteiger partial charge in [-0.3, -0.25) is 29.8 Å². The number of nitrogens with one attached hydrogen (secondary N) is 1. The molecule has 1 aliphatic rings. The molecule has 216 valence electrons. The third kappa shape index (κ3) is 7.95. The minimum atomic E-state index is -1.11. The summed E-state index contributed by atoms with van der Waals surface area (Å²) < 4.78 is 5.46. The Morgan fingerprint density at radius 2 is 2.02 bits per heavy atom. The number of methoxy groups -OCH3 is 1. The Labute approximate surface area is 239 Å². The zero-order chi connectivity index (χ0) is 29.2. The van der Waals surface area contributed by atoms with Crippen LogP contribution in [0.15, 0.2) is 41.4 Å². The van der Waals surface area contributed by atoms with E-state index in [9.17, 15) is 19.5 Å². The number of hydroxylamine groups is 1. The molecule has 0 unspecified atom stereocenters. The van der Waals surface area contributed by atoms with Gasteiger partial charge in [-0.05, 0) is 67.1 Å². The Balaban J connectivity index is 1.90. The second kappa shape index (κ2) is 14.7. The number of carbonyl (C=O) groups excluding carboxylic acids is 2. The molecule has 0 radical (unpaired) electrons. The number of hydrogen-bond donors (Lipinski definition) is 3. The highest BCUT2D eigenvalue weighted by atomic mass is 35.5.